The van der Waals surface area contributed by atoms with E-state index in [1.54, 1.807) is 6.21 Å². The smallest absolute Gasteiger partial charge is 0.187 e. The van der Waals surface area contributed by atoms with E-state index >= 15 is 0 Å². The van der Waals surface area contributed by atoms with Gasteiger partial charge in [-0.05, 0) is 67.9 Å². The van der Waals surface area contributed by atoms with Crippen molar-refractivity contribution in [2.45, 2.75) is 51.5 Å². The van der Waals surface area contributed by atoms with Crippen LogP contribution in [0.1, 0.15) is 51.0 Å². The molecule has 6 nitrogen and oxygen atoms in total. The molecule has 0 saturated heterocycles. The number of ether oxygens (including phenoxy) is 1. The molecular formula is C26H31N5OS. The molecule has 1 fully saturated rings. The summed E-state index contributed by atoms with van der Waals surface area (Å²) in [6.07, 6.45) is 10.9. The molecule has 0 atom stereocenters. The number of hydrogen-bond acceptors (Lipinski definition) is 4. The number of rotatable bonds is 8. The number of benzene rings is 2. The Morgan fingerprint density at radius 2 is 1.88 bits per heavy atom. The Balaban J connectivity index is 1.52. The molecule has 1 aliphatic carbocycles. The van der Waals surface area contributed by atoms with Gasteiger partial charge in [0.1, 0.15) is 11.4 Å². The van der Waals surface area contributed by atoms with Gasteiger partial charge in [-0.1, -0.05) is 44.4 Å². The Morgan fingerprint density at radius 3 is 2.61 bits per heavy atom. The fraction of sp³-hybridized carbons (Fsp3) is 0.346. The molecule has 0 amide bonds. The highest BCUT2D eigenvalue weighted by Crippen LogP contribution is 2.25. The van der Waals surface area contributed by atoms with Crippen molar-refractivity contribution in [3.63, 3.8) is 0 Å². The van der Waals surface area contributed by atoms with Crippen LogP contribution >= 0.6 is 12.2 Å². The summed E-state index contributed by atoms with van der Waals surface area (Å²) < 4.78 is 7.59. The van der Waals surface area contributed by atoms with Crippen LogP contribution in [0.25, 0.3) is 16.9 Å². The fourth-order valence-electron chi connectivity index (χ4n) is 3.97. The summed E-state index contributed by atoms with van der Waals surface area (Å²) >= 11 is 5.44. The zero-order valence-electron chi connectivity index (χ0n) is 19.0. The highest BCUT2D eigenvalue weighted by atomic mass is 32.1. The van der Waals surface area contributed by atoms with Gasteiger partial charge in [0.15, 0.2) is 5.11 Å². The lowest BCUT2D eigenvalue weighted by Gasteiger charge is -2.23. The lowest BCUT2D eigenvalue weighted by Crippen LogP contribution is -2.40. The summed E-state index contributed by atoms with van der Waals surface area (Å²) in [7, 11) is 0. The molecule has 1 aliphatic rings. The van der Waals surface area contributed by atoms with Gasteiger partial charge in [-0.3, -0.25) is 5.43 Å². The van der Waals surface area contributed by atoms with Crippen LogP contribution < -0.4 is 15.5 Å². The maximum absolute atomic E-state index is 5.72. The van der Waals surface area contributed by atoms with E-state index in [0.29, 0.717) is 17.8 Å². The minimum atomic E-state index is 0.443. The Hall–Kier alpha value is -3.19. The first kappa shape index (κ1) is 23.0. The molecule has 0 unspecified atom stereocenters. The normalized spacial score (nSPS) is 14.3. The standard InChI is InChI=1S/C26H31N5OS/c1-2-17-32-24-15-13-20(14-16-24)25-21(19-31(30-25)23-11-7-4-8-12-23)18-27-29-26(33)28-22-9-5-3-6-10-22/h4,7-8,11-16,18-19,22H,2-3,5-6,9-10,17H2,1H3,(H2,28,29,33). The molecule has 1 heterocycles. The quantitative estimate of drug-likeness (QED) is 0.265. The Labute approximate surface area is 201 Å². The second-order valence-corrected chi connectivity index (χ2v) is 8.67. The van der Waals surface area contributed by atoms with Gasteiger partial charge >= 0.3 is 0 Å². The van der Waals surface area contributed by atoms with Crippen LogP contribution in [-0.4, -0.2) is 33.8 Å². The molecular weight excluding hydrogens is 430 g/mol. The molecule has 1 saturated carbocycles. The zero-order chi connectivity index (χ0) is 22.9. The second kappa shape index (κ2) is 11.6. The third-order valence-corrected chi connectivity index (χ3v) is 5.88. The summed E-state index contributed by atoms with van der Waals surface area (Å²) in [5.41, 5.74) is 6.70. The van der Waals surface area contributed by atoms with E-state index in [2.05, 4.69) is 22.8 Å². The highest BCUT2D eigenvalue weighted by molar-refractivity contribution is 7.80. The molecule has 7 heteroatoms. The zero-order valence-corrected chi connectivity index (χ0v) is 19.9. The van der Waals surface area contributed by atoms with Crippen LogP contribution in [-0.2, 0) is 0 Å². The van der Waals surface area contributed by atoms with Crippen molar-refractivity contribution in [2.75, 3.05) is 6.61 Å². The minimum absolute atomic E-state index is 0.443. The van der Waals surface area contributed by atoms with Crippen LogP contribution in [0.2, 0.25) is 0 Å². The minimum Gasteiger partial charge on any atom is -0.494 e. The maximum atomic E-state index is 5.72. The van der Waals surface area contributed by atoms with E-state index in [9.17, 15) is 0 Å². The summed E-state index contributed by atoms with van der Waals surface area (Å²) in [6.45, 7) is 2.81. The second-order valence-electron chi connectivity index (χ2n) is 8.26. The fourth-order valence-corrected chi connectivity index (χ4v) is 4.19. The van der Waals surface area contributed by atoms with E-state index < -0.39 is 0 Å². The van der Waals surface area contributed by atoms with Gasteiger partial charge in [-0.25, -0.2) is 4.68 Å². The number of hydrogen-bond donors (Lipinski definition) is 2. The average Bonchev–Trinajstić information content (AvgIpc) is 3.28. The van der Waals surface area contributed by atoms with Gasteiger partial charge in [-0.15, -0.1) is 0 Å². The molecule has 172 valence electrons. The predicted octanol–water partition coefficient (Wildman–Crippen LogP) is 5.46. The molecule has 0 radical (unpaired) electrons. The molecule has 0 spiro atoms. The van der Waals surface area contributed by atoms with Gasteiger partial charge in [0, 0.05) is 23.4 Å². The number of nitrogens with one attached hydrogen (secondary N) is 2. The lowest BCUT2D eigenvalue weighted by atomic mass is 9.96. The third-order valence-electron chi connectivity index (χ3n) is 5.67. The van der Waals surface area contributed by atoms with Gasteiger partial charge < -0.3 is 10.1 Å². The van der Waals surface area contributed by atoms with Crippen LogP contribution in [0.15, 0.2) is 65.9 Å². The molecule has 33 heavy (non-hydrogen) atoms. The van der Waals surface area contributed by atoms with Crippen molar-refractivity contribution < 1.29 is 4.74 Å². The van der Waals surface area contributed by atoms with Crippen molar-refractivity contribution in [3.05, 3.63) is 66.4 Å². The topological polar surface area (TPSA) is 63.5 Å². The number of thiocarbonyl (C=S) groups is 1. The summed E-state index contributed by atoms with van der Waals surface area (Å²) in [4.78, 5) is 0. The van der Waals surface area contributed by atoms with E-state index in [0.717, 1.165) is 47.5 Å². The Bertz CT molecular complexity index is 1060. The van der Waals surface area contributed by atoms with E-state index in [-0.39, 0.29) is 0 Å². The highest BCUT2D eigenvalue weighted by Gasteiger charge is 2.14. The van der Waals surface area contributed by atoms with Crippen molar-refractivity contribution in [2.24, 2.45) is 5.10 Å². The number of nitrogens with zero attached hydrogens (tertiary/aromatic N) is 3. The molecule has 1 aromatic heterocycles. The molecule has 0 bridgehead atoms. The SMILES string of the molecule is CCCOc1ccc(-c2nn(-c3ccccc3)cc2C=NNC(=S)NC2CCCCC2)cc1. The lowest BCUT2D eigenvalue weighted by molar-refractivity contribution is 0.317. The van der Waals surface area contributed by atoms with Crippen LogP contribution in [0.5, 0.6) is 5.75 Å². The van der Waals surface area contributed by atoms with Gasteiger partial charge in [0.2, 0.25) is 0 Å². The van der Waals surface area contributed by atoms with Crippen molar-refractivity contribution in [1.82, 2.24) is 20.5 Å². The molecule has 2 aromatic carbocycles. The number of para-hydroxylation sites is 1. The molecule has 0 aliphatic heterocycles. The first-order valence-corrected chi connectivity index (χ1v) is 12.1. The van der Waals surface area contributed by atoms with Crippen molar-refractivity contribution >= 4 is 23.5 Å². The van der Waals surface area contributed by atoms with Crippen LogP contribution in [0.3, 0.4) is 0 Å². The van der Waals surface area contributed by atoms with E-state index in [1.165, 1.54) is 19.3 Å². The maximum Gasteiger partial charge on any atom is 0.187 e. The van der Waals surface area contributed by atoms with Crippen molar-refractivity contribution in [3.8, 4) is 22.7 Å². The first-order chi connectivity index (χ1) is 16.2. The molecule has 3 aromatic rings. The van der Waals surface area contributed by atoms with Gasteiger partial charge in [-0.2, -0.15) is 10.2 Å². The summed E-state index contributed by atoms with van der Waals surface area (Å²) in [5.74, 6) is 0.860. The number of hydrazone groups is 1. The Morgan fingerprint density at radius 1 is 1.12 bits per heavy atom. The number of aromatic nitrogens is 2. The monoisotopic (exact) mass is 461 g/mol. The van der Waals surface area contributed by atoms with Crippen LogP contribution in [0.4, 0.5) is 0 Å². The van der Waals surface area contributed by atoms with Crippen molar-refractivity contribution in [1.29, 1.82) is 0 Å². The van der Waals surface area contributed by atoms with E-state index in [4.69, 9.17) is 22.1 Å². The van der Waals surface area contributed by atoms with Crippen LogP contribution in [0, 0.1) is 0 Å². The van der Waals surface area contributed by atoms with Gasteiger partial charge in [0.25, 0.3) is 0 Å². The van der Waals surface area contributed by atoms with Gasteiger partial charge in [0.05, 0.1) is 18.5 Å². The largest absolute Gasteiger partial charge is 0.494 e. The first-order valence-electron chi connectivity index (χ1n) is 11.7. The third kappa shape index (κ3) is 6.42. The Kier molecular flexibility index (Phi) is 8.09. The molecule has 4 rings (SSSR count). The van der Waals surface area contributed by atoms with E-state index in [1.807, 2.05) is 65.5 Å². The summed E-state index contributed by atoms with van der Waals surface area (Å²) in [5, 5.41) is 13.2. The summed E-state index contributed by atoms with van der Waals surface area (Å²) in [6, 6.07) is 18.5. The average molecular weight is 462 g/mol. The molecule has 2 N–H and O–H groups in total. The predicted molar refractivity (Wildman–Crippen MR) is 138 cm³/mol.